The van der Waals surface area contributed by atoms with Crippen molar-refractivity contribution in [2.24, 2.45) is 10.8 Å². The van der Waals surface area contributed by atoms with Crippen molar-refractivity contribution in [3.8, 4) is 0 Å². The van der Waals surface area contributed by atoms with Gasteiger partial charge in [0.05, 0.1) is 5.71 Å². The Bertz CT molecular complexity index is 677. The van der Waals surface area contributed by atoms with E-state index < -0.39 is 11.8 Å². The van der Waals surface area contributed by atoms with Crippen molar-refractivity contribution in [2.75, 3.05) is 0 Å². The third kappa shape index (κ3) is 2.95. The molecule has 0 saturated carbocycles. The van der Waals surface area contributed by atoms with Crippen molar-refractivity contribution >= 4 is 28.3 Å². The summed E-state index contributed by atoms with van der Waals surface area (Å²) in [5.41, 5.74) is 8.38. The van der Waals surface area contributed by atoms with Crippen LogP contribution in [0.15, 0.2) is 47.6 Å². The summed E-state index contributed by atoms with van der Waals surface area (Å²) in [6.45, 7) is 1.74. The molecule has 2 aromatic rings. The van der Waals surface area contributed by atoms with Crippen LogP contribution in [-0.2, 0) is 9.59 Å². The summed E-state index contributed by atoms with van der Waals surface area (Å²) in [5.74, 6) is -1.99. The summed E-state index contributed by atoms with van der Waals surface area (Å²) < 4.78 is 0. The van der Waals surface area contributed by atoms with Gasteiger partial charge < -0.3 is 5.73 Å². The molecule has 0 heterocycles. The standard InChI is InChI=1S/C14H13N3O2/c1-9(16-17-14(19)13(15)18)11-7-6-10-4-2-3-5-12(10)8-11/h2-8H,1H3,(H2,15,18)(H,17,19)/b16-9-. The first kappa shape index (κ1) is 12.8. The van der Waals surface area contributed by atoms with Gasteiger partial charge in [-0.2, -0.15) is 5.10 Å². The van der Waals surface area contributed by atoms with Crippen LogP contribution in [-0.4, -0.2) is 17.5 Å². The van der Waals surface area contributed by atoms with Crippen LogP contribution in [0.5, 0.6) is 0 Å². The molecular formula is C14H13N3O2. The topological polar surface area (TPSA) is 84.6 Å². The summed E-state index contributed by atoms with van der Waals surface area (Å²) in [6, 6.07) is 13.8. The van der Waals surface area contributed by atoms with E-state index >= 15 is 0 Å². The van der Waals surface area contributed by atoms with Crippen LogP contribution >= 0.6 is 0 Å². The maximum Gasteiger partial charge on any atom is 0.329 e. The average molecular weight is 255 g/mol. The van der Waals surface area contributed by atoms with Gasteiger partial charge in [-0.25, -0.2) is 5.43 Å². The Hall–Kier alpha value is -2.69. The Morgan fingerprint density at radius 2 is 1.79 bits per heavy atom. The molecule has 2 amide bonds. The van der Waals surface area contributed by atoms with Crippen LogP contribution in [0.1, 0.15) is 12.5 Å². The fraction of sp³-hybridized carbons (Fsp3) is 0.0714. The lowest BCUT2D eigenvalue weighted by Crippen LogP contribution is -2.33. The summed E-state index contributed by atoms with van der Waals surface area (Å²) in [6.07, 6.45) is 0. The molecular weight excluding hydrogens is 242 g/mol. The molecule has 0 radical (unpaired) electrons. The molecule has 3 N–H and O–H groups in total. The van der Waals surface area contributed by atoms with Gasteiger partial charge in [-0.05, 0) is 29.3 Å². The number of nitrogens with one attached hydrogen (secondary N) is 1. The number of rotatable bonds is 2. The molecule has 0 aliphatic carbocycles. The Morgan fingerprint density at radius 3 is 2.47 bits per heavy atom. The lowest BCUT2D eigenvalue weighted by atomic mass is 10.0. The largest absolute Gasteiger partial charge is 0.361 e. The molecule has 96 valence electrons. The third-order valence-corrected chi connectivity index (χ3v) is 2.72. The lowest BCUT2D eigenvalue weighted by molar-refractivity contribution is -0.137. The van der Waals surface area contributed by atoms with Crippen LogP contribution in [0.3, 0.4) is 0 Å². The highest BCUT2D eigenvalue weighted by atomic mass is 16.2. The third-order valence-electron chi connectivity index (χ3n) is 2.72. The number of nitrogens with zero attached hydrogens (tertiary/aromatic N) is 1. The Labute approximate surface area is 110 Å². The normalized spacial score (nSPS) is 11.3. The molecule has 0 spiro atoms. The Kier molecular flexibility index (Phi) is 3.56. The van der Waals surface area contributed by atoms with E-state index in [4.69, 9.17) is 5.73 Å². The monoisotopic (exact) mass is 255 g/mol. The zero-order valence-electron chi connectivity index (χ0n) is 10.4. The van der Waals surface area contributed by atoms with Crippen molar-refractivity contribution in [3.63, 3.8) is 0 Å². The Morgan fingerprint density at radius 1 is 1.11 bits per heavy atom. The zero-order chi connectivity index (χ0) is 13.8. The van der Waals surface area contributed by atoms with Crippen molar-refractivity contribution in [1.82, 2.24) is 5.43 Å². The quantitative estimate of drug-likeness (QED) is 0.479. The van der Waals surface area contributed by atoms with Crippen molar-refractivity contribution in [3.05, 3.63) is 48.0 Å². The second kappa shape index (κ2) is 5.30. The second-order valence-corrected chi connectivity index (χ2v) is 4.06. The van der Waals surface area contributed by atoms with Crippen molar-refractivity contribution in [2.45, 2.75) is 6.92 Å². The highest BCUT2D eigenvalue weighted by Crippen LogP contribution is 2.15. The number of fused-ring (bicyclic) bond motifs is 1. The molecule has 0 aliphatic heterocycles. The van der Waals surface area contributed by atoms with Crippen LogP contribution in [0.4, 0.5) is 0 Å². The van der Waals surface area contributed by atoms with Crippen LogP contribution < -0.4 is 11.2 Å². The highest BCUT2D eigenvalue weighted by Gasteiger charge is 2.07. The van der Waals surface area contributed by atoms with Gasteiger partial charge in [-0.3, -0.25) is 9.59 Å². The molecule has 0 unspecified atom stereocenters. The minimum Gasteiger partial charge on any atom is -0.361 e. The van der Waals surface area contributed by atoms with Gasteiger partial charge in [-0.1, -0.05) is 36.4 Å². The van der Waals surface area contributed by atoms with Gasteiger partial charge in [0.25, 0.3) is 0 Å². The van der Waals surface area contributed by atoms with Crippen molar-refractivity contribution in [1.29, 1.82) is 0 Å². The minimum atomic E-state index is -1.06. The number of hydrogen-bond acceptors (Lipinski definition) is 3. The van der Waals surface area contributed by atoms with E-state index in [1.54, 1.807) is 6.92 Å². The first-order chi connectivity index (χ1) is 9.08. The van der Waals surface area contributed by atoms with Gasteiger partial charge in [0.15, 0.2) is 0 Å². The lowest BCUT2D eigenvalue weighted by Gasteiger charge is -2.03. The SMILES string of the molecule is C/C(=N/NC(=O)C(N)=O)c1ccc2ccccc2c1. The molecule has 2 rings (SSSR count). The number of nitrogens with two attached hydrogens (primary N) is 1. The van der Waals surface area contributed by atoms with E-state index in [2.05, 4.69) is 10.5 Å². The van der Waals surface area contributed by atoms with Crippen molar-refractivity contribution < 1.29 is 9.59 Å². The molecule has 0 aromatic heterocycles. The summed E-state index contributed by atoms with van der Waals surface area (Å²) >= 11 is 0. The minimum absolute atomic E-state index is 0.598. The summed E-state index contributed by atoms with van der Waals surface area (Å²) in [7, 11) is 0. The second-order valence-electron chi connectivity index (χ2n) is 4.06. The number of amides is 2. The number of hydrogen-bond donors (Lipinski definition) is 2. The van der Waals surface area contributed by atoms with Gasteiger partial charge in [0.1, 0.15) is 0 Å². The first-order valence-electron chi connectivity index (χ1n) is 5.71. The number of carbonyl (C=O) groups is 2. The fourth-order valence-electron chi connectivity index (χ4n) is 1.67. The molecule has 0 fully saturated rings. The van der Waals surface area contributed by atoms with E-state index in [9.17, 15) is 9.59 Å². The van der Waals surface area contributed by atoms with E-state index in [-0.39, 0.29) is 0 Å². The van der Waals surface area contributed by atoms with Gasteiger partial charge in [0.2, 0.25) is 0 Å². The summed E-state index contributed by atoms with van der Waals surface area (Å²) in [4.78, 5) is 21.6. The van der Waals surface area contributed by atoms with E-state index in [0.29, 0.717) is 5.71 Å². The average Bonchev–Trinajstić information content (AvgIpc) is 2.43. The zero-order valence-corrected chi connectivity index (χ0v) is 10.4. The van der Waals surface area contributed by atoms with Gasteiger partial charge in [0, 0.05) is 0 Å². The molecule has 5 heteroatoms. The van der Waals surface area contributed by atoms with Crippen LogP contribution in [0.25, 0.3) is 10.8 Å². The summed E-state index contributed by atoms with van der Waals surface area (Å²) in [5, 5.41) is 6.04. The molecule has 5 nitrogen and oxygen atoms in total. The molecule has 0 bridgehead atoms. The number of benzene rings is 2. The molecule has 19 heavy (non-hydrogen) atoms. The number of hydrazone groups is 1. The van der Waals surface area contributed by atoms with Crippen LogP contribution in [0.2, 0.25) is 0 Å². The van der Waals surface area contributed by atoms with Gasteiger partial charge >= 0.3 is 11.8 Å². The fourth-order valence-corrected chi connectivity index (χ4v) is 1.67. The molecule has 0 aliphatic rings. The highest BCUT2D eigenvalue weighted by molar-refractivity contribution is 6.34. The molecule has 2 aromatic carbocycles. The maximum atomic E-state index is 11.0. The first-order valence-corrected chi connectivity index (χ1v) is 5.71. The van der Waals surface area contributed by atoms with E-state index in [1.165, 1.54) is 0 Å². The maximum absolute atomic E-state index is 11.0. The predicted octanol–water partition coefficient (Wildman–Crippen LogP) is 1.17. The predicted molar refractivity (Wildman–Crippen MR) is 73.5 cm³/mol. The number of primary amides is 1. The van der Waals surface area contributed by atoms with E-state index in [1.807, 2.05) is 42.5 Å². The number of carbonyl (C=O) groups excluding carboxylic acids is 2. The van der Waals surface area contributed by atoms with Gasteiger partial charge in [-0.15, -0.1) is 0 Å². The molecule has 0 atom stereocenters. The smallest absolute Gasteiger partial charge is 0.329 e. The Balaban J connectivity index is 2.26. The molecule has 0 saturated heterocycles. The van der Waals surface area contributed by atoms with E-state index in [0.717, 1.165) is 16.3 Å². The van der Waals surface area contributed by atoms with Crippen LogP contribution in [0, 0.1) is 0 Å².